The Kier molecular flexibility index (Phi) is 5.35. The van der Waals surface area contributed by atoms with Crippen LogP contribution in [0.5, 0.6) is 5.75 Å². The van der Waals surface area contributed by atoms with Crippen LogP contribution in [-0.2, 0) is 0 Å². The first-order valence-corrected chi connectivity index (χ1v) is 8.53. The summed E-state index contributed by atoms with van der Waals surface area (Å²) in [5, 5.41) is 8.18. The lowest BCUT2D eigenvalue weighted by atomic mass is 10.1. The normalized spacial score (nSPS) is 10.7. The minimum atomic E-state index is -0.452. The molecule has 25 heavy (non-hydrogen) atoms. The minimum Gasteiger partial charge on any atom is -0.495 e. The van der Waals surface area contributed by atoms with E-state index in [0.717, 1.165) is 11.8 Å². The largest absolute Gasteiger partial charge is 0.495 e. The van der Waals surface area contributed by atoms with E-state index in [1.165, 1.54) is 13.2 Å². The Morgan fingerprint density at radius 3 is 2.80 bits per heavy atom. The van der Waals surface area contributed by atoms with Crippen molar-refractivity contribution in [2.24, 2.45) is 0 Å². The molecule has 0 saturated carbocycles. The lowest BCUT2D eigenvalue weighted by Crippen LogP contribution is -2.02. The van der Waals surface area contributed by atoms with Gasteiger partial charge in [-0.05, 0) is 30.3 Å². The molecule has 3 aromatic rings. The number of thioether (sulfide) groups is 1. The van der Waals surface area contributed by atoms with Gasteiger partial charge in [-0.3, -0.25) is 4.79 Å². The molecular weight excluding hydrogens is 367 g/mol. The second kappa shape index (κ2) is 7.67. The molecule has 0 bridgehead atoms. The molecule has 0 radical (unpaired) electrons. The predicted octanol–water partition coefficient (Wildman–Crippen LogP) is 4.51. The van der Waals surface area contributed by atoms with E-state index in [1.54, 1.807) is 36.4 Å². The van der Waals surface area contributed by atoms with E-state index in [2.05, 4.69) is 10.2 Å². The van der Waals surface area contributed by atoms with Crippen LogP contribution in [-0.4, -0.2) is 28.8 Å². The summed E-state index contributed by atoms with van der Waals surface area (Å²) >= 11 is 7.09. The van der Waals surface area contributed by atoms with Crippen LogP contribution in [0.1, 0.15) is 10.4 Å². The molecule has 5 nitrogen and oxygen atoms in total. The molecule has 0 fully saturated rings. The third kappa shape index (κ3) is 4.00. The number of nitrogens with zero attached hydrogens (tertiary/aromatic N) is 2. The predicted molar refractivity (Wildman–Crippen MR) is 92.8 cm³/mol. The van der Waals surface area contributed by atoms with Crippen LogP contribution in [0.25, 0.3) is 11.5 Å². The second-order valence-electron chi connectivity index (χ2n) is 4.91. The van der Waals surface area contributed by atoms with Gasteiger partial charge >= 0.3 is 0 Å². The number of aromatic nitrogens is 2. The van der Waals surface area contributed by atoms with Crippen molar-refractivity contribution >= 4 is 29.1 Å². The number of ketones is 1. The molecule has 0 aliphatic carbocycles. The van der Waals surface area contributed by atoms with Crippen LogP contribution < -0.4 is 4.74 Å². The number of Topliss-reactive ketones (excluding diaryl/α,β-unsaturated/α-hetero) is 1. The lowest BCUT2D eigenvalue weighted by Gasteiger charge is -2.04. The quantitative estimate of drug-likeness (QED) is 0.464. The summed E-state index contributed by atoms with van der Waals surface area (Å²) in [5.74, 6) is 0.0476. The summed E-state index contributed by atoms with van der Waals surface area (Å²) in [6.07, 6.45) is 0. The molecule has 8 heteroatoms. The fourth-order valence-electron chi connectivity index (χ4n) is 2.06. The Labute approximate surface area is 152 Å². The van der Waals surface area contributed by atoms with E-state index >= 15 is 0 Å². The summed E-state index contributed by atoms with van der Waals surface area (Å²) in [5.41, 5.74) is 0.669. The molecule has 0 atom stereocenters. The van der Waals surface area contributed by atoms with E-state index in [4.69, 9.17) is 20.8 Å². The summed E-state index contributed by atoms with van der Waals surface area (Å²) < 4.78 is 24.2. The molecule has 0 unspecified atom stereocenters. The van der Waals surface area contributed by atoms with Gasteiger partial charge in [0.15, 0.2) is 5.78 Å². The van der Waals surface area contributed by atoms with Gasteiger partial charge in [-0.25, -0.2) is 4.39 Å². The minimum absolute atomic E-state index is 0.0699. The van der Waals surface area contributed by atoms with Crippen molar-refractivity contribution in [3.8, 4) is 17.2 Å². The van der Waals surface area contributed by atoms with E-state index in [1.807, 2.05) is 0 Å². The standard InChI is InChI=1S/C17H12ClFN2O3S/c1-23-15-7-6-10(8-12(15)18)14(22)9-25-17-21-20-16(24-17)11-4-2-3-5-13(11)19/h2-8H,9H2,1H3. The maximum absolute atomic E-state index is 13.7. The lowest BCUT2D eigenvalue weighted by molar-refractivity contribution is 0.102. The van der Waals surface area contributed by atoms with Crippen molar-refractivity contribution in [3.05, 3.63) is 58.9 Å². The smallest absolute Gasteiger partial charge is 0.277 e. The van der Waals surface area contributed by atoms with Gasteiger partial charge in [0.05, 0.1) is 23.4 Å². The highest BCUT2D eigenvalue weighted by atomic mass is 35.5. The number of carbonyl (C=O) groups excluding carboxylic acids is 1. The first kappa shape index (κ1) is 17.4. The van der Waals surface area contributed by atoms with E-state index in [-0.39, 0.29) is 28.2 Å². The molecule has 0 N–H and O–H groups in total. The topological polar surface area (TPSA) is 65.2 Å². The number of halogens is 2. The van der Waals surface area contributed by atoms with Crippen LogP contribution >= 0.6 is 23.4 Å². The highest BCUT2D eigenvalue weighted by molar-refractivity contribution is 7.99. The Balaban J connectivity index is 1.67. The molecule has 3 rings (SSSR count). The first-order valence-electron chi connectivity index (χ1n) is 7.16. The highest BCUT2D eigenvalue weighted by Crippen LogP contribution is 2.28. The molecule has 1 aromatic heterocycles. The van der Waals surface area contributed by atoms with Gasteiger partial charge in [0.2, 0.25) is 0 Å². The second-order valence-corrected chi connectivity index (χ2v) is 6.25. The summed E-state index contributed by atoms with van der Waals surface area (Å²) in [7, 11) is 1.50. The van der Waals surface area contributed by atoms with E-state index < -0.39 is 5.82 Å². The van der Waals surface area contributed by atoms with Gasteiger partial charge in [0, 0.05) is 5.56 Å². The van der Waals surface area contributed by atoms with Gasteiger partial charge in [0.25, 0.3) is 11.1 Å². The molecule has 2 aromatic carbocycles. The number of carbonyl (C=O) groups is 1. The summed E-state index contributed by atoms with van der Waals surface area (Å²) in [4.78, 5) is 12.2. The fraction of sp³-hybridized carbons (Fsp3) is 0.118. The van der Waals surface area contributed by atoms with Crippen molar-refractivity contribution in [2.45, 2.75) is 5.22 Å². The third-order valence-electron chi connectivity index (χ3n) is 3.31. The van der Waals surface area contributed by atoms with Gasteiger partial charge < -0.3 is 9.15 Å². The molecule has 0 amide bonds. The number of hydrogen-bond acceptors (Lipinski definition) is 6. The van der Waals surface area contributed by atoms with Crippen molar-refractivity contribution < 1.29 is 18.3 Å². The molecular formula is C17H12ClFN2O3S. The van der Waals surface area contributed by atoms with Gasteiger partial charge in [-0.15, -0.1) is 10.2 Å². The zero-order valence-electron chi connectivity index (χ0n) is 13.0. The van der Waals surface area contributed by atoms with Crippen LogP contribution in [0.15, 0.2) is 52.1 Å². The number of methoxy groups -OCH3 is 1. The molecule has 0 aliphatic heterocycles. The third-order valence-corrected chi connectivity index (χ3v) is 4.43. The van der Waals surface area contributed by atoms with Gasteiger partial charge in [-0.1, -0.05) is 35.5 Å². The number of ether oxygens (including phenoxy) is 1. The fourth-order valence-corrected chi connectivity index (χ4v) is 2.98. The first-order chi connectivity index (χ1) is 12.1. The molecule has 1 heterocycles. The average molecular weight is 379 g/mol. The van der Waals surface area contributed by atoms with Crippen molar-refractivity contribution in [1.82, 2.24) is 10.2 Å². The average Bonchev–Trinajstić information content (AvgIpc) is 3.08. The van der Waals surface area contributed by atoms with Crippen LogP contribution in [0, 0.1) is 5.82 Å². The summed E-state index contributed by atoms with van der Waals surface area (Å²) in [6, 6.07) is 10.9. The van der Waals surface area contributed by atoms with Crippen molar-refractivity contribution in [2.75, 3.05) is 12.9 Å². The zero-order valence-corrected chi connectivity index (χ0v) is 14.6. The number of rotatable bonds is 6. The Morgan fingerprint density at radius 1 is 1.28 bits per heavy atom. The van der Waals surface area contributed by atoms with Crippen LogP contribution in [0.3, 0.4) is 0 Å². The van der Waals surface area contributed by atoms with E-state index in [0.29, 0.717) is 16.3 Å². The van der Waals surface area contributed by atoms with Crippen LogP contribution in [0.2, 0.25) is 5.02 Å². The Morgan fingerprint density at radius 2 is 2.08 bits per heavy atom. The molecule has 0 aliphatic rings. The highest BCUT2D eigenvalue weighted by Gasteiger charge is 2.15. The Hall–Kier alpha value is -2.38. The number of benzene rings is 2. The monoisotopic (exact) mass is 378 g/mol. The van der Waals surface area contributed by atoms with Gasteiger partial charge in [-0.2, -0.15) is 0 Å². The van der Waals surface area contributed by atoms with Crippen LogP contribution in [0.4, 0.5) is 4.39 Å². The van der Waals surface area contributed by atoms with Crippen molar-refractivity contribution in [3.63, 3.8) is 0 Å². The zero-order chi connectivity index (χ0) is 17.8. The SMILES string of the molecule is COc1ccc(C(=O)CSc2nnc(-c3ccccc3F)o2)cc1Cl. The maximum Gasteiger partial charge on any atom is 0.277 e. The van der Waals surface area contributed by atoms with E-state index in [9.17, 15) is 9.18 Å². The van der Waals surface area contributed by atoms with Crippen molar-refractivity contribution in [1.29, 1.82) is 0 Å². The molecule has 0 spiro atoms. The Bertz CT molecular complexity index is 916. The molecule has 0 saturated heterocycles. The number of hydrogen-bond donors (Lipinski definition) is 0. The maximum atomic E-state index is 13.7. The molecule has 128 valence electrons. The van der Waals surface area contributed by atoms with Gasteiger partial charge in [0.1, 0.15) is 11.6 Å². The summed E-state index contributed by atoms with van der Waals surface area (Å²) in [6.45, 7) is 0.